The molecule has 7 nitrogen and oxygen atoms in total. The van der Waals surface area contributed by atoms with Crippen LogP contribution in [0.4, 0.5) is 5.69 Å². The molecule has 1 unspecified atom stereocenters. The number of carbonyl (C=O) groups is 2. The first-order valence-corrected chi connectivity index (χ1v) is 9.47. The lowest BCUT2D eigenvalue weighted by atomic mass is 9.65. The predicted molar refractivity (Wildman–Crippen MR) is 101 cm³/mol. The molecular formula is C21H19N3O4. The van der Waals surface area contributed by atoms with Crippen molar-refractivity contribution in [3.63, 3.8) is 0 Å². The van der Waals surface area contributed by atoms with E-state index in [2.05, 4.69) is 9.97 Å². The summed E-state index contributed by atoms with van der Waals surface area (Å²) in [6, 6.07) is 7.35. The molecule has 1 aromatic carbocycles. The molecule has 5 rings (SSSR count). The van der Waals surface area contributed by atoms with Crippen molar-refractivity contribution in [2.24, 2.45) is 0 Å². The number of ether oxygens (including phenoxy) is 1. The highest BCUT2D eigenvalue weighted by Gasteiger charge is 2.62. The molecule has 3 aliphatic rings. The van der Waals surface area contributed by atoms with Crippen LogP contribution < -0.4 is 15.2 Å². The van der Waals surface area contributed by atoms with Crippen LogP contribution in [0.1, 0.15) is 43.1 Å². The Kier molecular flexibility index (Phi) is 3.41. The Morgan fingerprint density at radius 2 is 2.00 bits per heavy atom. The van der Waals surface area contributed by atoms with Gasteiger partial charge in [-0.2, -0.15) is 4.98 Å². The lowest BCUT2D eigenvalue weighted by molar-refractivity contribution is -0.124. The van der Waals surface area contributed by atoms with E-state index in [-0.39, 0.29) is 23.1 Å². The van der Waals surface area contributed by atoms with Crippen molar-refractivity contribution in [2.75, 3.05) is 11.4 Å². The molecule has 142 valence electrons. The average Bonchev–Trinajstić information content (AvgIpc) is 2.90. The molecule has 2 aromatic rings. The number of likely N-dealkylation sites (N-methyl/N-ethyl adjacent to an activating group) is 1. The van der Waals surface area contributed by atoms with Gasteiger partial charge in [-0.1, -0.05) is 18.2 Å². The number of hydrogen-bond acceptors (Lipinski definition) is 5. The van der Waals surface area contributed by atoms with Crippen LogP contribution in [-0.2, 0) is 15.0 Å². The highest BCUT2D eigenvalue weighted by atomic mass is 16.5. The Morgan fingerprint density at radius 1 is 1.21 bits per heavy atom. The first-order valence-electron chi connectivity index (χ1n) is 9.47. The van der Waals surface area contributed by atoms with Gasteiger partial charge in [-0.15, -0.1) is 0 Å². The Labute approximate surface area is 161 Å². The molecule has 0 radical (unpaired) electrons. The number of allylic oxidation sites excluding steroid dienone is 1. The normalized spacial score (nSPS) is 22.9. The predicted octanol–water partition coefficient (Wildman–Crippen LogP) is 2.13. The maximum atomic E-state index is 13.9. The second kappa shape index (κ2) is 5.64. The molecular weight excluding hydrogens is 358 g/mol. The van der Waals surface area contributed by atoms with Crippen molar-refractivity contribution in [3.8, 4) is 5.88 Å². The number of Topliss-reactive ketones (excluding diaryl/α,β-unsaturated/α-hetero) is 1. The van der Waals surface area contributed by atoms with Crippen LogP contribution in [0.5, 0.6) is 5.88 Å². The van der Waals surface area contributed by atoms with Gasteiger partial charge in [-0.3, -0.25) is 14.4 Å². The van der Waals surface area contributed by atoms with Crippen molar-refractivity contribution in [1.29, 1.82) is 0 Å². The van der Waals surface area contributed by atoms with Gasteiger partial charge in [0.15, 0.2) is 5.78 Å². The fraction of sp³-hybridized carbons (Fsp3) is 0.333. The zero-order valence-corrected chi connectivity index (χ0v) is 15.7. The number of nitrogens with zero attached hydrogens (tertiary/aromatic N) is 2. The van der Waals surface area contributed by atoms with Gasteiger partial charge in [0.2, 0.25) is 11.8 Å². The maximum Gasteiger partial charge on any atom is 0.259 e. The summed E-state index contributed by atoms with van der Waals surface area (Å²) < 4.78 is 5.94. The monoisotopic (exact) mass is 377 g/mol. The Hall–Kier alpha value is -3.22. The molecule has 28 heavy (non-hydrogen) atoms. The van der Waals surface area contributed by atoms with Crippen LogP contribution in [0.2, 0.25) is 0 Å². The maximum absolute atomic E-state index is 13.9. The number of aromatic amines is 1. The molecule has 0 saturated heterocycles. The highest BCUT2D eigenvalue weighted by Crippen LogP contribution is 2.55. The third-order valence-electron chi connectivity index (χ3n) is 5.82. The minimum atomic E-state index is -1.50. The summed E-state index contributed by atoms with van der Waals surface area (Å²) in [5.74, 6) is 0.543. The van der Waals surface area contributed by atoms with Gasteiger partial charge in [-0.05, 0) is 26.3 Å². The van der Waals surface area contributed by atoms with Gasteiger partial charge >= 0.3 is 0 Å². The number of anilines is 1. The Morgan fingerprint density at radius 3 is 2.79 bits per heavy atom. The van der Waals surface area contributed by atoms with Gasteiger partial charge in [0.1, 0.15) is 22.6 Å². The van der Waals surface area contributed by atoms with E-state index in [1.165, 1.54) is 0 Å². The summed E-state index contributed by atoms with van der Waals surface area (Å²) in [4.78, 5) is 48.8. The molecule has 1 amide bonds. The number of carbonyl (C=O) groups excluding carboxylic acids is 2. The highest BCUT2D eigenvalue weighted by molar-refractivity contribution is 6.19. The summed E-state index contributed by atoms with van der Waals surface area (Å²) in [7, 11) is 0. The van der Waals surface area contributed by atoms with Gasteiger partial charge in [0, 0.05) is 30.6 Å². The average molecular weight is 377 g/mol. The van der Waals surface area contributed by atoms with Crippen LogP contribution >= 0.6 is 0 Å². The molecule has 0 bridgehead atoms. The molecule has 7 heteroatoms. The van der Waals surface area contributed by atoms with Crippen molar-refractivity contribution >= 4 is 17.4 Å². The van der Waals surface area contributed by atoms with E-state index in [0.29, 0.717) is 54.2 Å². The molecule has 1 spiro atoms. The quantitative estimate of drug-likeness (QED) is 0.822. The number of aromatic nitrogens is 2. The number of aryl methyl sites for hydroxylation is 1. The summed E-state index contributed by atoms with van der Waals surface area (Å²) in [6.07, 6.45) is 1.52. The van der Waals surface area contributed by atoms with Gasteiger partial charge in [0.25, 0.3) is 5.56 Å². The summed E-state index contributed by atoms with van der Waals surface area (Å²) in [5, 5.41) is 0. The Bertz CT molecular complexity index is 1150. The van der Waals surface area contributed by atoms with E-state index in [4.69, 9.17) is 4.74 Å². The zero-order chi connectivity index (χ0) is 19.6. The van der Waals surface area contributed by atoms with Crippen molar-refractivity contribution in [2.45, 2.75) is 38.5 Å². The molecule has 0 saturated carbocycles. The number of benzene rings is 1. The molecule has 1 atom stereocenters. The van der Waals surface area contributed by atoms with Crippen LogP contribution in [0.25, 0.3) is 0 Å². The first-order chi connectivity index (χ1) is 13.5. The standard InChI is InChI=1S/C21H19N3O4/c1-3-24-13-8-5-4-7-12(13)21(20(24)27)16-14(25)9-6-10-15(16)28-19-17(21)18(26)22-11(2)23-19/h4-5,7-8H,3,6,9-10H2,1-2H3,(H,22,23,26). The van der Waals surface area contributed by atoms with Crippen LogP contribution in [-0.4, -0.2) is 28.2 Å². The molecule has 2 aliphatic heterocycles. The summed E-state index contributed by atoms with van der Waals surface area (Å²) in [6.45, 7) is 3.97. The van der Waals surface area contributed by atoms with E-state index < -0.39 is 11.0 Å². The smallest absolute Gasteiger partial charge is 0.259 e. The third-order valence-corrected chi connectivity index (χ3v) is 5.82. The lowest BCUT2D eigenvalue weighted by Crippen LogP contribution is -2.51. The lowest BCUT2D eigenvalue weighted by Gasteiger charge is -2.38. The van der Waals surface area contributed by atoms with Crippen molar-refractivity contribution < 1.29 is 14.3 Å². The third kappa shape index (κ3) is 1.88. The topological polar surface area (TPSA) is 92.4 Å². The molecule has 1 aliphatic carbocycles. The number of nitrogens with one attached hydrogen (secondary N) is 1. The van der Waals surface area contributed by atoms with Crippen LogP contribution in [0, 0.1) is 6.92 Å². The minimum Gasteiger partial charge on any atom is -0.442 e. The van der Waals surface area contributed by atoms with Gasteiger partial charge < -0.3 is 14.6 Å². The van der Waals surface area contributed by atoms with E-state index >= 15 is 0 Å². The fourth-order valence-electron chi connectivity index (χ4n) is 4.79. The minimum absolute atomic E-state index is 0.112. The molecule has 0 fully saturated rings. The van der Waals surface area contributed by atoms with Gasteiger partial charge in [0.05, 0.1) is 5.57 Å². The number of ketones is 1. The largest absolute Gasteiger partial charge is 0.442 e. The molecule has 1 N–H and O–H groups in total. The van der Waals surface area contributed by atoms with Crippen molar-refractivity contribution in [1.82, 2.24) is 9.97 Å². The van der Waals surface area contributed by atoms with E-state index in [9.17, 15) is 14.4 Å². The number of amides is 1. The fourth-order valence-corrected chi connectivity index (χ4v) is 4.79. The SMILES string of the molecule is CCN1C(=O)C2(C3=C(CCCC3=O)Oc3nc(C)[nH]c(=O)c32)c2ccccc21. The molecule has 3 heterocycles. The number of fused-ring (bicyclic) bond motifs is 5. The van der Waals surface area contributed by atoms with E-state index in [0.717, 1.165) is 0 Å². The number of rotatable bonds is 1. The number of H-pyrrole nitrogens is 1. The van der Waals surface area contributed by atoms with E-state index in [1.807, 2.05) is 31.2 Å². The first kappa shape index (κ1) is 16.9. The van der Waals surface area contributed by atoms with E-state index in [1.54, 1.807) is 11.8 Å². The Balaban J connectivity index is 1.97. The van der Waals surface area contributed by atoms with Gasteiger partial charge in [-0.25, -0.2) is 0 Å². The second-order valence-electron chi connectivity index (χ2n) is 7.33. The number of para-hydroxylation sites is 1. The zero-order valence-electron chi connectivity index (χ0n) is 15.7. The second-order valence-corrected chi connectivity index (χ2v) is 7.33. The molecule has 1 aromatic heterocycles. The summed E-state index contributed by atoms with van der Waals surface area (Å²) in [5.41, 5.74) is -0.176. The van der Waals surface area contributed by atoms with Crippen LogP contribution in [0.3, 0.4) is 0 Å². The van der Waals surface area contributed by atoms with Crippen molar-refractivity contribution in [3.05, 3.63) is 62.9 Å². The number of hydrogen-bond donors (Lipinski definition) is 1. The van der Waals surface area contributed by atoms with Crippen LogP contribution in [0.15, 0.2) is 40.4 Å². The summed E-state index contributed by atoms with van der Waals surface area (Å²) >= 11 is 0.